The molecule has 0 radical (unpaired) electrons. The average molecular weight is 959 g/mol. The summed E-state index contributed by atoms with van der Waals surface area (Å²) in [6.45, 7) is 31.2. The summed E-state index contributed by atoms with van der Waals surface area (Å²) in [6.07, 6.45) is 26.2. The van der Waals surface area contributed by atoms with Crippen LogP contribution in [-0.2, 0) is 40.0 Å². The Balaban J connectivity index is 1.25. The van der Waals surface area contributed by atoms with E-state index in [1.165, 1.54) is 89.9 Å². The van der Waals surface area contributed by atoms with Gasteiger partial charge in [-0.15, -0.1) is 0 Å². The van der Waals surface area contributed by atoms with Gasteiger partial charge in [-0.25, -0.2) is 0 Å². The van der Waals surface area contributed by atoms with Gasteiger partial charge in [0.25, 0.3) is 0 Å². The van der Waals surface area contributed by atoms with E-state index in [1.807, 2.05) is 27.7 Å². The molecule has 0 spiro atoms. The maximum Gasteiger partial charge on any atom is 0.313 e. The molecule has 0 bridgehead atoms. The van der Waals surface area contributed by atoms with Crippen molar-refractivity contribution < 1.29 is 34.0 Å². The van der Waals surface area contributed by atoms with Crippen molar-refractivity contribution in [1.29, 1.82) is 0 Å². The third-order valence-corrected chi connectivity index (χ3v) is 16.8. The number of ether oxygens (including phenoxy) is 3. The number of hydrogen-bond acceptors (Lipinski definition) is 7. The lowest BCUT2D eigenvalue weighted by molar-refractivity contribution is -0.159. The monoisotopic (exact) mass is 959 g/mol. The standard InChI is InChI=1S/C62H102O7/c1-41(2)21-15-23-43(5)25-17-27-45(7)29-19-37-61(13)39-35-53-51(57(65)47(9)49(11)59(53)68-61)31-33-55(63)67-56(64)34-32-52-54-36-40-62(14,69-60(54)50(12)48(10)58(52)66)38-20-30-46(8)28-18-26-44(6)24-16-22-42(3)4/h41-46,65-66H,15-40H2,1-14H3/t43-,44-,45-,46-,61-,62-/m1/s1. The number of benzene rings is 2. The first kappa shape index (κ1) is 58.4. The number of phenolic OH excluding ortho intramolecular Hbond substituents is 2. The van der Waals surface area contributed by atoms with Crippen molar-refractivity contribution in [1.82, 2.24) is 0 Å². The molecule has 0 saturated heterocycles. The van der Waals surface area contributed by atoms with Crippen LogP contribution in [0, 0.1) is 63.2 Å². The number of rotatable bonds is 30. The molecular formula is C62H102O7. The zero-order valence-electron chi connectivity index (χ0n) is 46.8. The van der Waals surface area contributed by atoms with Crippen LogP contribution in [0.3, 0.4) is 0 Å². The minimum Gasteiger partial charge on any atom is -0.507 e. The Morgan fingerprint density at radius 2 is 0.797 bits per heavy atom. The van der Waals surface area contributed by atoms with E-state index in [2.05, 4.69) is 69.2 Å². The lowest BCUT2D eigenvalue weighted by atomic mass is 9.82. The normalized spacial score (nSPS) is 19.7. The van der Waals surface area contributed by atoms with Gasteiger partial charge in [0, 0.05) is 22.3 Å². The van der Waals surface area contributed by atoms with Crippen LogP contribution in [0.25, 0.3) is 0 Å². The van der Waals surface area contributed by atoms with Gasteiger partial charge in [-0.05, 0) is 164 Å². The molecule has 0 amide bonds. The van der Waals surface area contributed by atoms with Crippen molar-refractivity contribution in [2.75, 3.05) is 0 Å². The van der Waals surface area contributed by atoms with Gasteiger partial charge in [-0.3, -0.25) is 9.59 Å². The van der Waals surface area contributed by atoms with Crippen molar-refractivity contribution >= 4 is 11.9 Å². The highest BCUT2D eigenvalue weighted by Crippen LogP contribution is 2.47. The van der Waals surface area contributed by atoms with Gasteiger partial charge in [0.2, 0.25) is 0 Å². The Hall–Kier alpha value is -3.22. The number of carbonyl (C=O) groups is 2. The summed E-state index contributed by atoms with van der Waals surface area (Å²) in [4.78, 5) is 26.4. The zero-order chi connectivity index (χ0) is 51.1. The third kappa shape index (κ3) is 18.1. The SMILES string of the molecule is Cc1c(C)c2c(c(CCC(=O)OC(=O)CCc3c(O)c(C)c(C)c4c3CC[C@@](C)(CCC[C@H](C)CCC[C@H](C)CCCC(C)C)O4)c1O)CC[C@@](C)(CCC[C@H](C)CCC[C@H](C)CCCC(C)C)O2. The number of carbonyl (C=O) groups excluding carboxylic acids is 2. The Kier molecular flexibility index (Phi) is 23.3. The Labute approximate surface area is 422 Å². The summed E-state index contributed by atoms with van der Waals surface area (Å²) in [5, 5.41) is 22.7. The van der Waals surface area contributed by atoms with Crippen LogP contribution in [0.2, 0.25) is 0 Å². The summed E-state index contributed by atoms with van der Waals surface area (Å²) >= 11 is 0. The molecule has 0 aromatic heterocycles. The van der Waals surface area contributed by atoms with Crippen LogP contribution in [0.15, 0.2) is 0 Å². The van der Waals surface area contributed by atoms with Crippen LogP contribution in [0.5, 0.6) is 23.0 Å². The van der Waals surface area contributed by atoms with E-state index >= 15 is 0 Å². The van der Waals surface area contributed by atoms with Crippen molar-refractivity contribution in [2.24, 2.45) is 35.5 Å². The Morgan fingerprint density at radius 1 is 0.493 bits per heavy atom. The van der Waals surface area contributed by atoms with Crippen LogP contribution in [0.1, 0.15) is 255 Å². The van der Waals surface area contributed by atoms with E-state index in [9.17, 15) is 19.8 Å². The first-order valence-electron chi connectivity index (χ1n) is 28.3. The summed E-state index contributed by atoms with van der Waals surface area (Å²) in [5.74, 6) is 5.49. The minimum absolute atomic E-state index is 0.0343. The van der Waals surface area contributed by atoms with Gasteiger partial charge in [-0.1, -0.05) is 145 Å². The smallest absolute Gasteiger partial charge is 0.313 e. The fourth-order valence-corrected chi connectivity index (χ4v) is 11.5. The molecule has 7 heteroatoms. The lowest BCUT2D eigenvalue weighted by Crippen LogP contribution is -2.37. The van der Waals surface area contributed by atoms with Crippen molar-refractivity contribution in [3.8, 4) is 23.0 Å². The molecule has 392 valence electrons. The Bertz CT molecular complexity index is 1810. The van der Waals surface area contributed by atoms with Crippen molar-refractivity contribution in [3.63, 3.8) is 0 Å². The fourth-order valence-electron chi connectivity index (χ4n) is 11.5. The van der Waals surface area contributed by atoms with Gasteiger partial charge in [0.15, 0.2) is 0 Å². The molecule has 2 N–H and O–H groups in total. The van der Waals surface area contributed by atoms with E-state index < -0.39 is 11.9 Å². The molecule has 0 unspecified atom stereocenters. The first-order valence-corrected chi connectivity index (χ1v) is 28.3. The predicted molar refractivity (Wildman–Crippen MR) is 287 cm³/mol. The van der Waals surface area contributed by atoms with Crippen molar-refractivity contribution in [3.05, 3.63) is 44.5 Å². The number of fused-ring (bicyclic) bond motifs is 2. The maximum atomic E-state index is 13.2. The Morgan fingerprint density at radius 3 is 1.12 bits per heavy atom. The largest absolute Gasteiger partial charge is 0.507 e. The number of esters is 2. The maximum absolute atomic E-state index is 13.2. The van der Waals surface area contributed by atoms with Crippen LogP contribution in [-0.4, -0.2) is 33.4 Å². The van der Waals surface area contributed by atoms with E-state index in [-0.39, 0.29) is 48.4 Å². The van der Waals surface area contributed by atoms with E-state index in [1.54, 1.807) is 0 Å². The van der Waals surface area contributed by atoms with Crippen LogP contribution >= 0.6 is 0 Å². The third-order valence-electron chi connectivity index (χ3n) is 16.8. The molecule has 0 fully saturated rings. The number of aromatic hydroxyl groups is 2. The van der Waals surface area contributed by atoms with Crippen LogP contribution in [0.4, 0.5) is 0 Å². The molecule has 2 aliphatic rings. The first-order chi connectivity index (χ1) is 32.5. The molecule has 0 saturated carbocycles. The molecular weight excluding hydrogens is 857 g/mol. The summed E-state index contributed by atoms with van der Waals surface area (Å²) in [5.41, 5.74) is 6.21. The van der Waals surface area contributed by atoms with Crippen LogP contribution < -0.4 is 9.47 Å². The van der Waals surface area contributed by atoms with Gasteiger partial charge in [-0.2, -0.15) is 0 Å². The molecule has 2 aliphatic heterocycles. The van der Waals surface area contributed by atoms with E-state index in [0.717, 1.165) is 120 Å². The fraction of sp³-hybridized carbons (Fsp3) is 0.774. The molecule has 6 atom stereocenters. The molecule has 2 heterocycles. The minimum atomic E-state index is -0.617. The quantitative estimate of drug-likeness (QED) is 0.0594. The van der Waals surface area contributed by atoms with E-state index in [4.69, 9.17) is 14.2 Å². The van der Waals surface area contributed by atoms with Gasteiger partial charge in [0.1, 0.15) is 34.2 Å². The van der Waals surface area contributed by atoms with Gasteiger partial charge < -0.3 is 24.4 Å². The number of phenols is 2. The summed E-state index contributed by atoms with van der Waals surface area (Å²) < 4.78 is 19.1. The highest BCUT2D eigenvalue weighted by molar-refractivity contribution is 5.86. The highest BCUT2D eigenvalue weighted by atomic mass is 16.6. The molecule has 2 aromatic rings. The summed E-state index contributed by atoms with van der Waals surface area (Å²) in [7, 11) is 0. The second-order valence-electron chi connectivity index (χ2n) is 24.4. The molecule has 0 aliphatic carbocycles. The lowest BCUT2D eigenvalue weighted by Gasteiger charge is -2.38. The second kappa shape index (κ2) is 27.6. The molecule has 69 heavy (non-hydrogen) atoms. The van der Waals surface area contributed by atoms with Crippen molar-refractivity contribution in [2.45, 2.75) is 275 Å². The number of hydrogen-bond donors (Lipinski definition) is 2. The molecule has 4 rings (SSSR count). The summed E-state index contributed by atoms with van der Waals surface area (Å²) in [6, 6.07) is 0. The van der Waals surface area contributed by atoms with E-state index in [0.29, 0.717) is 23.0 Å². The molecule has 2 aromatic carbocycles. The molecule has 7 nitrogen and oxygen atoms in total. The van der Waals surface area contributed by atoms with Gasteiger partial charge in [0.05, 0.1) is 12.8 Å². The zero-order valence-corrected chi connectivity index (χ0v) is 46.8. The van der Waals surface area contributed by atoms with Gasteiger partial charge >= 0.3 is 11.9 Å². The predicted octanol–water partition coefficient (Wildman–Crippen LogP) is 17.0. The average Bonchev–Trinajstić information content (AvgIpc) is 3.27. The highest BCUT2D eigenvalue weighted by Gasteiger charge is 2.37. The second-order valence-corrected chi connectivity index (χ2v) is 24.4. The topological polar surface area (TPSA) is 102 Å².